The van der Waals surface area contributed by atoms with Crippen molar-refractivity contribution >= 4 is 63.1 Å². The maximum absolute atomic E-state index is 13.0. The highest BCUT2D eigenvalue weighted by Crippen LogP contribution is 2.46. The van der Waals surface area contributed by atoms with Crippen LogP contribution < -0.4 is 0 Å². The van der Waals surface area contributed by atoms with Gasteiger partial charge in [0.05, 0.1) is 9.92 Å². The van der Waals surface area contributed by atoms with Crippen molar-refractivity contribution in [3.63, 3.8) is 0 Å². The summed E-state index contributed by atoms with van der Waals surface area (Å²) in [7, 11) is 3.20. The summed E-state index contributed by atoms with van der Waals surface area (Å²) in [6.07, 6.45) is -4.71. The van der Waals surface area contributed by atoms with Gasteiger partial charge in [-0.2, -0.15) is 13.2 Å². The summed E-state index contributed by atoms with van der Waals surface area (Å²) in [6, 6.07) is 0. The van der Waals surface area contributed by atoms with Gasteiger partial charge in [0.1, 0.15) is 15.0 Å². The number of nitrogens with zero attached hydrogens (tertiary/aromatic N) is 2. The normalized spacial score (nSPS) is 11.6. The number of hydrogen-bond acceptors (Lipinski definition) is 3. The van der Waals surface area contributed by atoms with Gasteiger partial charge in [-0.25, -0.2) is 4.98 Å². The average Bonchev–Trinajstić information content (AvgIpc) is 2.22. The monoisotopic (exact) mass is 368 g/mol. The third-order valence-electron chi connectivity index (χ3n) is 1.85. The molecule has 0 saturated carbocycles. The van der Waals surface area contributed by atoms with Crippen LogP contribution in [0.4, 0.5) is 13.2 Å². The van der Waals surface area contributed by atoms with E-state index in [2.05, 4.69) is 4.98 Å². The molecule has 0 aliphatic rings. The fourth-order valence-corrected chi connectivity index (χ4v) is 2.99. The van der Waals surface area contributed by atoms with Gasteiger partial charge in [0.15, 0.2) is 5.15 Å². The Morgan fingerprint density at radius 3 is 2.16 bits per heavy atom. The van der Waals surface area contributed by atoms with E-state index in [9.17, 15) is 13.2 Å². The molecule has 10 heteroatoms. The quantitative estimate of drug-likeness (QED) is 0.393. The zero-order valence-electron chi connectivity index (χ0n) is 9.48. The number of aromatic nitrogens is 1. The van der Waals surface area contributed by atoms with E-state index < -0.39 is 16.9 Å². The van der Waals surface area contributed by atoms with Crippen LogP contribution in [0.2, 0.25) is 15.3 Å². The summed E-state index contributed by atoms with van der Waals surface area (Å²) >= 11 is 22.5. The van der Waals surface area contributed by atoms with Gasteiger partial charge in [-0.05, 0) is 0 Å². The van der Waals surface area contributed by atoms with E-state index in [1.54, 1.807) is 14.1 Å². The molecule has 0 radical (unpaired) electrons. The number of rotatable bonds is 1. The van der Waals surface area contributed by atoms with Crippen LogP contribution in [-0.4, -0.2) is 28.3 Å². The SMILES string of the molecule is CN(C)C(=S)Sc1c(Cl)c(Cl)nc(Cl)c1C(F)(F)F. The summed E-state index contributed by atoms with van der Waals surface area (Å²) in [6.45, 7) is 0. The molecule has 0 spiro atoms. The Labute approximate surface area is 132 Å². The maximum atomic E-state index is 13.0. The van der Waals surface area contributed by atoms with Gasteiger partial charge >= 0.3 is 6.18 Å². The molecule has 0 fully saturated rings. The smallest absolute Gasteiger partial charge is 0.363 e. The molecule has 106 valence electrons. The summed E-state index contributed by atoms with van der Waals surface area (Å²) < 4.78 is 39.1. The fraction of sp³-hybridized carbons (Fsp3) is 0.333. The third kappa shape index (κ3) is 4.01. The van der Waals surface area contributed by atoms with Crippen LogP contribution in [-0.2, 0) is 6.18 Å². The first kappa shape index (κ1) is 17.1. The first-order chi connectivity index (χ1) is 8.55. The Balaban J connectivity index is 3.46. The molecule has 0 N–H and O–H groups in total. The highest BCUT2D eigenvalue weighted by Gasteiger charge is 2.39. The first-order valence-electron chi connectivity index (χ1n) is 4.56. The lowest BCUT2D eigenvalue weighted by Crippen LogP contribution is -2.17. The van der Waals surface area contributed by atoms with Crippen molar-refractivity contribution in [3.8, 4) is 0 Å². The molecule has 0 aromatic carbocycles. The zero-order valence-corrected chi connectivity index (χ0v) is 13.4. The van der Waals surface area contributed by atoms with E-state index in [0.29, 0.717) is 11.8 Å². The predicted octanol–water partition coefficient (Wildman–Crippen LogP) is 5.00. The molecule has 0 saturated heterocycles. The topological polar surface area (TPSA) is 16.1 Å². The lowest BCUT2D eigenvalue weighted by Gasteiger charge is -2.18. The molecule has 0 amide bonds. The molecule has 0 bridgehead atoms. The molecule has 0 atom stereocenters. The first-order valence-corrected chi connectivity index (χ1v) is 6.92. The minimum absolute atomic E-state index is 0.186. The molecular weight excluding hydrogens is 364 g/mol. The number of thioether (sulfide) groups is 1. The minimum Gasteiger partial charge on any atom is -0.363 e. The third-order valence-corrected chi connectivity index (χ3v) is 4.74. The van der Waals surface area contributed by atoms with Crippen molar-refractivity contribution in [1.82, 2.24) is 9.88 Å². The number of halogens is 6. The van der Waals surface area contributed by atoms with Crippen molar-refractivity contribution in [2.24, 2.45) is 0 Å². The Bertz CT molecular complexity index is 520. The summed E-state index contributed by atoms with van der Waals surface area (Å²) in [5, 5.41) is -1.39. The molecule has 0 unspecified atom stereocenters. The van der Waals surface area contributed by atoms with Crippen molar-refractivity contribution in [2.45, 2.75) is 11.1 Å². The van der Waals surface area contributed by atoms with Crippen LogP contribution in [0.15, 0.2) is 4.90 Å². The van der Waals surface area contributed by atoms with Gasteiger partial charge in [0, 0.05) is 14.1 Å². The number of pyridine rings is 1. The fourth-order valence-electron chi connectivity index (χ4n) is 1.01. The average molecular weight is 370 g/mol. The molecule has 0 aliphatic heterocycles. The zero-order chi connectivity index (χ0) is 15.0. The highest BCUT2D eigenvalue weighted by atomic mass is 35.5. The van der Waals surface area contributed by atoms with Crippen LogP contribution in [0, 0.1) is 0 Å². The van der Waals surface area contributed by atoms with E-state index in [1.807, 2.05) is 0 Å². The molecule has 1 aromatic rings. The second-order valence-corrected chi connectivity index (χ2v) is 6.21. The van der Waals surface area contributed by atoms with Gasteiger partial charge in [-0.15, -0.1) is 0 Å². The van der Waals surface area contributed by atoms with E-state index in [0.717, 1.165) is 0 Å². The molecule has 1 aromatic heterocycles. The largest absolute Gasteiger partial charge is 0.420 e. The lowest BCUT2D eigenvalue weighted by atomic mass is 10.3. The minimum atomic E-state index is -4.71. The number of thiocarbonyl (C=S) groups is 1. The van der Waals surface area contributed by atoms with E-state index in [-0.39, 0.29) is 19.4 Å². The highest BCUT2D eigenvalue weighted by molar-refractivity contribution is 8.23. The molecule has 1 heterocycles. The molecule has 2 nitrogen and oxygen atoms in total. The second-order valence-electron chi connectivity index (χ2n) is 3.47. The summed E-state index contributed by atoms with van der Waals surface area (Å²) in [4.78, 5) is 4.48. The van der Waals surface area contributed by atoms with E-state index in [1.165, 1.54) is 4.90 Å². The predicted molar refractivity (Wildman–Crippen MR) is 76.4 cm³/mol. The van der Waals surface area contributed by atoms with Gasteiger partial charge in [-0.3, -0.25) is 0 Å². The molecular formula is C9H6Cl3F3N2S2. The molecule has 1 rings (SSSR count). The van der Waals surface area contributed by atoms with E-state index in [4.69, 9.17) is 47.0 Å². The van der Waals surface area contributed by atoms with Gasteiger partial charge in [-0.1, -0.05) is 58.8 Å². The summed E-state index contributed by atoms with van der Waals surface area (Å²) in [5.41, 5.74) is -1.14. The number of hydrogen-bond donors (Lipinski definition) is 0. The van der Waals surface area contributed by atoms with Gasteiger partial charge < -0.3 is 4.90 Å². The molecule has 0 aliphatic carbocycles. The van der Waals surface area contributed by atoms with Crippen LogP contribution >= 0.6 is 58.8 Å². The lowest BCUT2D eigenvalue weighted by molar-refractivity contribution is -0.139. The molecule has 19 heavy (non-hydrogen) atoms. The Morgan fingerprint density at radius 1 is 1.21 bits per heavy atom. The van der Waals surface area contributed by atoms with Crippen LogP contribution in [0.25, 0.3) is 0 Å². The van der Waals surface area contributed by atoms with Crippen molar-refractivity contribution in [3.05, 3.63) is 20.9 Å². The van der Waals surface area contributed by atoms with Crippen molar-refractivity contribution in [1.29, 1.82) is 0 Å². The summed E-state index contributed by atoms with van der Waals surface area (Å²) in [5.74, 6) is 0. The van der Waals surface area contributed by atoms with Crippen molar-refractivity contribution in [2.75, 3.05) is 14.1 Å². The van der Waals surface area contributed by atoms with Gasteiger partial charge in [0.2, 0.25) is 0 Å². The van der Waals surface area contributed by atoms with Gasteiger partial charge in [0.25, 0.3) is 0 Å². The second kappa shape index (κ2) is 6.22. The van der Waals surface area contributed by atoms with Crippen LogP contribution in [0.1, 0.15) is 5.56 Å². The van der Waals surface area contributed by atoms with Crippen molar-refractivity contribution < 1.29 is 13.2 Å². The Hall–Kier alpha value is 0.0500. The van der Waals surface area contributed by atoms with Crippen LogP contribution in [0.3, 0.4) is 0 Å². The number of alkyl halides is 3. The maximum Gasteiger partial charge on any atom is 0.420 e. The van der Waals surface area contributed by atoms with E-state index >= 15 is 0 Å². The Morgan fingerprint density at radius 2 is 1.74 bits per heavy atom. The Kier molecular flexibility index (Phi) is 5.60. The van der Waals surface area contributed by atoms with Crippen LogP contribution in [0.5, 0.6) is 0 Å². The standard InChI is InChI=1S/C9H6Cl3F3N2S2/c1-17(2)8(18)19-5-3(9(13,14)15)6(11)16-7(12)4(5)10/h1-2H3.